The zero-order chi connectivity index (χ0) is 9.14. The van der Waals surface area contributed by atoms with Crippen molar-refractivity contribution in [2.45, 2.75) is 20.0 Å². The minimum Gasteiger partial charge on any atom is -0.474 e. The Hall–Kier alpha value is -0.350. The van der Waals surface area contributed by atoms with Gasteiger partial charge >= 0.3 is 0 Å². The van der Waals surface area contributed by atoms with E-state index in [2.05, 4.69) is 25.9 Å². The third-order valence-electron chi connectivity index (χ3n) is 1.03. The molecule has 1 heterocycles. The minimum absolute atomic E-state index is 0.0762. The van der Waals surface area contributed by atoms with Gasteiger partial charge in [-0.1, -0.05) is 0 Å². The van der Waals surface area contributed by atoms with Gasteiger partial charge in [0.05, 0.1) is 10.6 Å². The van der Waals surface area contributed by atoms with Crippen molar-refractivity contribution in [2.24, 2.45) is 0 Å². The Morgan fingerprint density at radius 2 is 2.25 bits per heavy atom. The summed E-state index contributed by atoms with van der Waals surface area (Å²) < 4.78 is 6.05. The lowest BCUT2D eigenvalue weighted by atomic mass is 10.5. The number of nitrogens with zero attached hydrogens (tertiary/aromatic N) is 2. The first-order valence-electron chi connectivity index (χ1n) is 3.44. The summed E-state index contributed by atoms with van der Waals surface area (Å²) >= 11 is 8.83. The van der Waals surface area contributed by atoms with Crippen molar-refractivity contribution in [1.29, 1.82) is 0 Å². The normalized spacial score (nSPS) is 10.4. The van der Waals surface area contributed by atoms with Gasteiger partial charge in [-0.3, -0.25) is 0 Å². The zero-order valence-corrected chi connectivity index (χ0v) is 9.06. The van der Waals surface area contributed by atoms with E-state index >= 15 is 0 Å². The molecule has 0 N–H and O–H groups in total. The van der Waals surface area contributed by atoms with E-state index in [1.807, 2.05) is 13.8 Å². The van der Waals surface area contributed by atoms with Crippen molar-refractivity contribution in [3.05, 3.63) is 16.0 Å². The van der Waals surface area contributed by atoms with Crippen LogP contribution in [0, 0.1) is 0 Å². The van der Waals surface area contributed by atoms with Gasteiger partial charge in [0.1, 0.15) is 0 Å². The average molecular weight is 252 g/mol. The predicted molar refractivity (Wildman–Crippen MR) is 50.5 cm³/mol. The molecular formula is C7H8BrClN2O. The lowest BCUT2D eigenvalue weighted by Crippen LogP contribution is -2.07. The van der Waals surface area contributed by atoms with Gasteiger partial charge in [-0.2, -0.15) is 4.98 Å². The number of halogens is 2. The lowest BCUT2D eigenvalue weighted by molar-refractivity contribution is 0.230. The molecule has 0 radical (unpaired) electrons. The van der Waals surface area contributed by atoms with Gasteiger partial charge < -0.3 is 4.74 Å². The highest BCUT2D eigenvalue weighted by atomic mass is 79.9. The molecule has 0 amide bonds. The summed E-state index contributed by atoms with van der Waals surface area (Å²) in [6, 6.07) is 0. The molecular weight excluding hydrogens is 243 g/mol. The van der Waals surface area contributed by atoms with Crippen LogP contribution in [0.4, 0.5) is 0 Å². The summed E-state index contributed by atoms with van der Waals surface area (Å²) in [6.07, 6.45) is 1.64. The van der Waals surface area contributed by atoms with Crippen LogP contribution in [0.5, 0.6) is 5.88 Å². The van der Waals surface area contributed by atoms with E-state index in [0.29, 0.717) is 10.4 Å². The Kier molecular flexibility index (Phi) is 3.29. The van der Waals surface area contributed by atoms with Gasteiger partial charge in [-0.25, -0.2) is 4.98 Å². The first-order chi connectivity index (χ1) is 5.59. The summed E-state index contributed by atoms with van der Waals surface area (Å²) in [4.78, 5) is 7.67. The van der Waals surface area contributed by atoms with Gasteiger partial charge in [0.25, 0.3) is 0 Å². The van der Waals surface area contributed by atoms with Crippen LogP contribution in [-0.4, -0.2) is 16.1 Å². The number of rotatable bonds is 2. The number of ether oxygens (including phenoxy) is 1. The second-order valence-electron chi connectivity index (χ2n) is 2.46. The van der Waals surface area contributed by atoms with E-state index in [4.69, 9.17) is 16.3 Å². The van der Waals surface area contributed by atoms with E-state index in [0.717, 1.165) is 0 Å². The molecule has 0 bridgehead atoms. The third kappa shape index (κ3) is 2.60. The lowest BCUT2D eigenvalue weighted by Gasteiger charge is -2.09. The topological polar surface area (TPSA) is 35.0 Å². The van der Waals surface area contributed by atoms with Crippen molar-refractivity contribution < 1.29 is 4.74 Å². The first kappa shape index (κ1) is 9.74. The number of hydrogen-bond donors (Lipinski definition) is 0. The maximum absolute atomic E-state index is 5.58. The van der Waals surface area contributed by atoms with Crippen molar-refractivity contribution in [3.63, 3.8) is 0 Å². The van der Waals surface area contributed by atoms with Crippen LogP contribution in [0.1, 0.15) is 13.8 Å². The number of hydrogen-bond acceptors (Lipinski definition) is 3. The van der Waals surface area contributed by atoms with E-state index < -0.39 is 0 Å². The molecule has 0 saturated heterocycles. The van der Waals surface area contributed by atoms with Crippen molar-refractivity contribution >= 4 is 27.5 Å². The predicted octanol–water partition coefficient (Wildman–Crippen LogP) is 2.68. The summed E-state index contributed by atoms with van der Waals surface area (Å²) in [5.41, 5.74) is 0. The largest absolute Gasteiger partial charge is 0.474 e. The molecule has 0 aliphatic heterocycles. The Balaban J connectivity index is 2.90. The van der Waals surface area contributed by atoms with E-state index in [-0.39, 0.29) is 11.4 Å². The Bertz CT molecular complexity index is 280. The van der Waals surface area contributed by atoms with Crippen LogP contribution in [0.25, 0.3) is 0 Å². The van der Waals surface area contributed by atoms with Gasteiger partial charge in [-0.05, 0) is 41.4 Å². The maximum atomic E-state index is 5.58. The maximum Gasteiger partial charge on any atom is 0.232 e. The van der Waals surface area contributed by atoms with Crippen LogP contribution in [-0.2, 0) is 0 Å². The smallest absolute Gasteiger partial charge is 0.232 e. The molecule has 0 unspecified atom stereocenters. The van der Waals surface area contributed by atoms with E-state index in [1.165, 1.54) is 0 Å². The van der Waals surface area contributed by atoms with Crippen molar-refractivity contribution in [3.8, 4) is 5.88 Å². The zero-order valence-electron chi connectivity index (χ0n) is 6.71. The van der Waals surface area contributed by atoms with Crippen LogP contribution in [0.2, 0.25) is 5.28 Å². The molecule has 66 valence electrons. The molecule has 0 atom stereocenters. The number of aromatic nitrogens is 2. The van der Waals surface area contributed by atoms with Crippen LogP contribution in [0.3, 0.4) is 0 Å². The fourth-order valence-corrected chi connectivity index (χ4v) is 1.05. The molecule has 0 aliphatic carbocycles. The molecule has 3 nitrogen and oxygen atoms in total. The highest BCUT2D eigenvalue weighted by Crippen LogP contribution is 2.23. The Morgan fingerprint density at radius 3 is 2.83 bits per heavy atom. The van der Waals surface area contributed by atoms with Crippen LogP contribution >= 0.6 is 27.5 Å². The summed E-state index contributed by atoms with van der Waals surface area (Å²) in [5, 5.41) is 0.189. The fourth-order valence-electron chi connectivity index (χ4n) is 0.637. The molecule has 1 aromatic rings. The summed E-state index contributed by atoms with van der Waals surface area (Å²) in [5.74, 6) is 0.477. The quantitative estimate of drug-likeness (QED) is 0.758. The van der Waals surface area contributed by atoms with E-state index in [1.54, 1.807) is 6.20 Å². The van der Waals surface area contributed by atoms with E-state index in [9.17, 15) is 0 Å². The van der Waals surface area contributed by atoms with Gasteiger partial charge in [0.2, 0.25) is 11.2 Å². The third-order valence-corrected chi connectivity index (χ3v) is 1.76. The Morgan fingerprint density at radius 1 is 1.58 bits per heavy atom. The minimum atomic E-state index is 0.0762. The first-order valence-corrected chi connectivity index (χ1v) is 4.61. The standard InChI is InChI=1S/C7H8BrClN2O/c1-4(2)12-6-5(8)3-10-7(9)11-6/h3-4H,1-2H3. The van der Waals surface area contributed by atoms with Gasteiger partial charge in [0, 0.05) is 6.20 Å². The summed E-state index contributed by atoms with van der Waals surface area (Å²) in [7, 11) is 0. The second kappa shape index (κ2) is 4.05. The van der Waals surface area contributed by atoms with Crippen LogP contribution < -0.4 is 4.74 Å². The molecule has 5 heteroatoms. The molecule has 0 fully saturated rings. The van der Waals surface area contributed by atoms with Crippen molar-refractivity contribution in [2.75, 3.05) is 0 Å². The molecule has 0 aromatic carbocycles. The fraction of sp³-hybridized carbons (Fsp3) is 0.429. The Labute approximate surface area is 84.2 Å². The van der Waals surface area contributed by atoms with Gasteiger partial charge in [0.15, 0.2) is 0 Å². The van der Waals surface area contributed by atoms with Crippen molar-refractivity contribution in [1.82, 2.24) is 9.97 Å². The van der Waals surface area contributed by atoms with Crippen LogP contribution in [0.15, 0.2) is 10.7 Å². The molecule has 1 rings (SSSR count). The highest BCUT2D eigenvalue weighted by Gasteiger charge is 2.06. The molecule has 0 spiro atoms. The SMILES string of the molecule is CC(C)Oc1nc(Cl)ncc1Br. The monoisotopic (exact) mass is 250 g/mol. The molecule has 1 aromatic heterocycles. The summed E-state index contributed by atoms with van der Waals surface area (Å²) in [6.45, 7) is 3.84. The second-order valence-corrected chi connectivity index (χ2v) is 3.65. The molecule has 0 aliphatic rings. The molecule has 12 heavy (non-hydrogen) atoms. The van der Waals surface area contributed by atoms with Gasteiger partial charge in [-0.15, -0.1) is 0 Å². The average Bonchev–Trinajstić information content (AvgIpc) is 1.96. The highest BCUT2D eigenvalue weighted by molar-refractivity contribution is 9.10. The molecule has 0 saturated carbocycles.